The van der Waals surface area contributed by atoms with Crippen molar-refractivity contribution in [3.05, 3.63) is 23.7 Å². The molecule has 5 N–H and O–H groups in total. The van der Waals surface area contributed by atoms with Crippen LogP contribution < -0.4 is 16.8 Å². The second-order valence-electron chi connectivity index (χ2n) is 3.52. The van der Waals surface area contributed by atoms with Gasteiger partial charge in [-0.15, -0.1) is 0 Å². The fraction of sp³-hybridized carbons (Fsp3) is 0.600. The van der Waals surface area contributed by atoms with Gasteiger partial charge >= 0.3 is 0 Å². The van der Waals surface area contributed by atoms with Gasteiger partial charge in [-0.3, -0.25) is 0 Å². The standard InChI is InChI=1S/C10H19N3O/c1-8(7-11)6-10(12)14-9-2-4-13-5-3-9/h6-7,9,13H,2-5,11-12H2,1H3/b8-7-,10-6+. The van der Waals surface area contributed by atoms with E-state index in [2.05, 4.69) is 5.32 Å². The molecule has 0 aromatic carbocycles. The van der Waals surface area contributed by atoms with E-state index >= 15 is 0 Å². The zero-order chi connectivity index (χ0) is 10.4. The molecule has 0 aromatic rings. The highest BCUT2D eigenvalue weighted by molar-refractivity contribution is 5.16. The van der Waals surface area contributed by atoms with Gasteiger partial charge in [0.1, 0.15) is 6.10 Å². The van der Waals surface area contributed by atoms with Gasteiger partial charge in [0.25, 0.3) is 0 Å². The van der Waals surface area contributed by atoms with E-state index in [-0.39, 0.29) is 6.10 Å². The van der Waals surface area contributed by atoms with Gasteiger partial charge in [-0.2, -0.15) is 0 Å². The number of ether oxygens (including phenoxy) is 1. The van der Waals surface area contributed by atoms with Crippen molar-refractivity contribution in [1.82, 2.24) is 5.32 Å². The highest BCUT2D eigenvalue weighted by Gasteiger charge is 2.14. The third-order valence-corrected chi connectivity index (χ3v) is 2.22. The molecule has 1 fully saturated rings. The first-order valence-corrected chi connectivity index (χ1v) is 4.95. The molecule has 0 spiro atoms. The summed E-state index contributed by atoms with van der Waals surface area (Å²) in [5, 5.41) is 3.27. The van der Waals surface area contributed by atoms with Crippen LogP contribution in [0.1, 0.15) is 19.8 Å². The molecule has 0 unspecified atom stereocenters. The zero-order valence-electron chi connectivity index (χ0n) is 8.62. The predicted molar refractivity (Wildman–Crippen MR) is 57.2 cm³/mol. The minimum absolute atomic E-state index is 0.248. The Bertz CT molecular complexity index is 230. The Labute approximate surface area is 85.0 Å². The quantitative estimate of drug-likeness (QED) is 0.453. The van der Waals surface area contributed by atoms with Crippen molar-refractivity contribution < 1.29 is 4.74 Å². The number of allylic oxidation sites excluding steroid dienone is 2. The van der Waals surface area contributed by atoms with Crippen LogP contribution in [0.15, 0.2) is 23.7 Å². The lowest BCUT2D eigenvalue weighted by molar-refractivity contribution is 0.0864. The van der Waals surface area contributed by atoms with Gasteiger partial charge in [-0.05, 0) is 44.6 Å². The van der Waals surface area contributed by atoms with Crippen molar-refractivity contribution in [2.24, 2.45) is 11.5 Å². The fourth-order valence-electron chi connectivity index (χ4n) is 1.41. The largest absolute Gasteiger partial charge is 0.476 e. The average Bonchev–Trinajstić information content (AvgIpc) is 2.19. The predicted octanol–water partition coefficient (Wildman–Crippen LogP) is 0.418. The number of nitrogens with one attached hydrogen (secondary N) is 1. The number of hydrogen-bond acceptors (Lipinski definition) is 4. The van der Waals surface area contributed by atoms with Gasteiger partial charge in [0.15, 0.2) is 5.88 Å². The Kier molecular flexibility index (Phi) is 4.32. The van der Waals surface area contributed by atoms with Crippen molar-refractivity contribution in [1.29, 1.82) is 0 Å². The maximum atomic E-state index is 5.70. The molecule has 0 radical (unpaired) electrons. The van der Waals surface area contributed by atoms with E-state index in [0.29, 0.717) is 5.88 Å². The molecule has 1 saturated heterocycles. The topological polar surface area (TPSA) is 73.3 Å². The summed E-state index contributed by atoms with van der Waals surface area (Å²) in [7, 11) is 0. The lowest BCUT2D eigenvalue weighted by Crippen LogP contribution is -2.33. The number of nitrogens with two attached hydrogens (primary N) is 2. The maximum Gasteiger partial charge on any atom is 0.184 e. The van der Waals surface area contributed by atoms with Crippen LogP contribution in [0, 0.1) is 0 Å². The Morgan fingerprint density at radius 2 is 2.07 bits per heavy atom. The summed E-state index contributed by atoms with van der Waals surface area (Å²) in [5.74, 6) is 0.455. The average molecular weight is 197 g/mol. The molecule has 0 aromatic heterocycles. The molecule has 0 saturated carbocycles. The van der Waals surface area contributed by atoms with Crippen LogP contribution in [0.4, 0.5) is 0 Å². The second-order valence-corrected chi connectivity index (χ2v) is 3.52. The van der Waals surface area contributed by atoms with Crippen molar-refractivity contribution in [3.63, 3.8) is 0 Å². The fourth-order valence-corrected chi connectivity index (χ4v) is 1.41. The Balaban J connectivity index is 2.38. The van der Waals surface area contributed by atoms with Crippen LogP contribution in [0.5, 0.6) is 0 Å². The molecule has 1 aliphatic rings. The first-order chi connectivity index (χ1) is 6.72. The molecule has 0 bridgehead atoms. The summed E-state index contributed by atoms with van der Waals surface area (Å²) < 4.78 is 5.57. The Morgan fingerprint density at radius 1 is 1.43 bits per heavy atom. The summed E-state index contributed by atoms with van der Waals surface area (Å²) in [5.41, 5.74) is 11.9. The minimum Gasteiger partial charge on any atom is -0.476 e. The summed E-state index contributed by atoms with van der Waals surface area (Å²) in [4.78, 5) is 0. The highest BCUT2D eigenvalue weighted by Crippen LogP contribution is 2.10. The molecule has 0 aliphatic carbocycles. The Hall–Kier alpha value is -1.16. The molecule has 80 valence electrons. The lowest BCUT2D eigenvalue weighted by Gasteiger charge is -2.23. The van der Waals surface area contributed by atoms with Gasteiger partial charge in [-0.1, -0.05) is 0 Å². The summed E-state index contributed by atoms with van der Waals surface area (Å²) >= 11 is 0. The highest BCUT2D eigenvalue weighted by atomic mass is 16.5. The van der Waals surface area contributed by atoms with E-state index in [4.69, 9.17) is 16.2 Å². The summed E-state index contributed by atoms with van der Waals surface area (Å²) in [6, 6.07) is 0. The van der Waals surface area contributed by atoms with Gasteiger partial charge in [0.2, 0.25) is 0 Å². The molecule has 1 aliphatic heterocycles. The van der Waals surface area contributed by atoms with Crippen molar-refractivity contribution in [3.8, 4) is 0 Å². The summed E-state index contributed by atoms with van der Waals surface area (Å²) in [6.45, 7) is 3.89. The van der Waals surface area contributed by atoms with E-state index < -0.39 is 0 Å². The van der Waals surface area contributed by atoms with Crippen LogP contribution in [0.25, 0.3) is 0 Å². The van der Waals surface area contributed by atoms with Gasteiger partial charge in [0.05, 0.1) is 0 Å². The lowest BCUT2D eigenvalue weighted by atomic mass is 10.1. The van der Waals surface area contributed by atoms with Crippen molar-refractivity contribution in [2.75, 3.05) is 13.1 Å². The van der Waals surface area contributed by atoms with Gasteiger partial charge in [0, 0.05) is 6.08 Å². The number of piperidine rings is 1. The van der Waals surface area contributed by atoms with E-state index in [1.807, 2.05) is 6.92 Å². The summed E-state index contributed by atoms with van der Waals surface area (Å²) in [6.07, 6.45) is 5.54. The smallest absolute Gasteiger partial charge is 0.184 e. The second kappa shape index (κ2) is 5.54. The van der Waals surface area contributed by atoms with E-state index in [9.17, 15) is 0 Å². The molecule has 14 heavy (non-hydrogen) atoms. The maximum absolute atomic E-state index is 5.70. The molecule has 1 rings (SSSR count). The molecule has 4 nitrogen and oxygen atoms in total. The molecule has 0 atom stereocenters. The molecule has 4 heteroatoms. The Morgan fingerprint density at radius 3 is 2.64 bits per heavy atom. The van der Waals surface area contributed by atoms with Gasteiger partial charge in [-0.25, -0.2) is 0 Å². The molecular weight excluding hydrogens is 178 g/mol. The van der Waals surface area contributed by atoms with E-state index in [0.717, 1.165) is 31.5 Å². The number of rotatable bonds is 3. The number of hydrogen-bond donors (Lipinski definition) is 3. The third kappa shape index (κ3) is 3.70. The van der Waals surface area contributed by atoms with Crippen LogP contribution >= 0.6 is 0 Å². The van der Waals surface area contributed by atoms with E-state index in [1.165, 1.54) is 6.20 Å². The van der Waals surface area contributed by atoms with E-state index in [1.54, 1.807) is 6.08 Å². The third-order valence-electron chi connectivity index (χ3n) is 2.22. The van der Waals surface area contributed by atoms with Crippen LogP contribution in [-0.2, 0) is 4.74 Å². The zero-order valence-corrected chi connectivity index (χ0v) is 8.62. The first-order valence-electron chi connectivity index (χ1n) is 4.95. The SMILES string of the molecule is CC(=C/N)/C=C(\N)OC1CCNCC1. The van der Waals surface area contributed by atoms with Crippen LogP contribution in [-0.4, -0.2) is 19.2 Å². The molecule has 0 amide bonds. The first kappa shape index (κ1) is 10.9. The van der Waals surface area contributed by atoms with Gasteiger partial charge < -0.3 is 21.5 Å². The molecular formula is C10H19N3O. The van der Waals surface area contributed by atoms with Crippen LogP contribution in [0.3, 0.4) is 0 Å². The minimum atomic E-state index is 0.248. The van der Waals surface area contributed by atoms with Crippen molar-refractivity contribution >= 4 is 0 Å². The molecule has 1 heterocycles. The van der Waals surface area contributed by atoms with Crippen molar-refractivity contribution in [2.45, 2.75) is 25.9 Å². The monoisotopic (exact) mass is 197 g/mol. The van der Waals surface area contributed by atoms with Crippen LogP contribution in [0.2, 0.25) is 0 Å². The normalized spacial score (nSPS) is 20.9.